The Kier molecular flexibility index (Phi) is 2.73. The molecule has 0 bridgehead atoms. The Morgan fingerprint density at radius 2 is 2.00 bits per heavy atom. The number of fused-ring (bicyclic) bond motifs is 3. The molecule has 0 aromatic heterocycles. The molecule has 0 heterocycles. The third kappa shape index (κ3) is 1.55. The highest BCUT2D eigenvalue weighted by molar-refractivity contribution is 5.82. The largest absolute Gasteiger partial charge is 0.299 e. The summed E-state index contributed by atoms with van der Waals surface area (Å²) < 4.78 is 0. The van der Waals surface area contributed by atoms with E-state index >= 15 is 0 Å². The van der Waals surface area contributed by atoms with Crippen LogP contribution in [0, 0.1) is 22.7 Å². The second kappa shape index (κ2) is 3.95. The van der Waals surface area contributed by atoms with Gasteiger partial charge in [0.2, 0.25) is 0 Å². The van der Waals surface area contributed by atoms with Crippen LogP contribution < -0.4 is 0 Å². The molecule has 100 valence electrons. The molecule has 4 atom stereocenters. The van der Waals surface area contributed by atoms with E-state index in [1.54, 1.807) is 5.57 Å². The van der Waals surface area contributed by atoms with Crippen LogP contribution in [0.4, 0.5) is 0 Å². The van der Waals surface area contributed by atoms with Gasteiger partial charge in [0.1, 0.15) is 5.78 Å². The van der Waals surface area contributed by atoms with Gasteiger partial charge in [-0.2, -0.15) is 0 Å². The minimum atomic E-state index is 0.288. The normalized spacial score (nSPS) is 48.2. The van der Waals surface area contributed by atoms with Crippen LogP contribution in [0.25, 0.3) is 0 Å². The molecule has 18 heavy (non-hydrogen) atoms. The van der Waals surface area contributed by atoms with E-state index in [-0.39, 0.29) is 5.92 Å². The summed E-state index contributed by atoms with van der Waals surface area (Å²) in [5.74, 6) is 1.41. The second-order valence-corrected chi connectivity index (χ2v) is 7.39. The molecule has 0 saturated heterocycles. The molecule has 0 spiro atoms. The third-order valence-corrected chi connectivity index (χ3v) is 6.37. The number of carbonyl (C=O) groups excluding carboxylic acids is 1. The Bertz CT molecular complexity index is 408. The summed E-state index contributed by atoms with van der Waals surface area (Å²) in [6.45, 7) is 7.10. The molecule has 3 aliphatic carbocycles. The van der Waals surface area contributed by atoms with Crippen LogP contribution in [0.5, 0.6) is 0 Å². The summed E-state index contributed by atoms with van der Waals surface area (Å²) in [5, 5.41) is 0. The highest BCUT2D eigenvalue weighted by Gasteiger charge is 2.54. The van der Waals surface area contributed by atoms with E-state index in [2.05, 4.69) is 26.8 Å². The lowest BCUT2D eigenvalue weighted by atomic mass is 9.47. The molecular formula is C17H26O. The van der Waals surface area contributed by atoms with E-state index in [1.807, 2.05) is 0 Å². The first-order chi connectivity index (χ1) is 8.47. The summed E-state index contributed by atoms with van der Waals surface area (Å²) in [6, 6.07) is 0. The standard InChI is InChI=1S/C17H26O/c1-12-13-7-10-16(2)9-5-4-6-15(16)17(13,3)11-8-14(12)18/h6,12-13H,4-5,7-11H2,1-3H3/t12-,13?,16?,17-/m0/s1. The highest BCUT2D eigenvalue weighted by atomic mass is 16.1. The van der Waals surface area contributed by atoms with Gasteiger partial charge in [-0.15, -0.1) is 0 Å². The van der Waals surface area contributed by atoms with Gasteiger partial charge in [0, 0.05) is 12.3 Å². The van der Waals surface area contributed by atoms with Crippen molar-refractivity contribution in [1.29, 1.82) is 0 Å². The predicted molar refractivity (Wildman–Crippen MR) is 74.3 cm³/mol. The van der Waals surface area contributed by atoms with Gasteiger partial charge in [0.05, 0.1) is 0 Å². The Morgan fingerprint density at radius 1 is 1.22 bits per heavy atom. The first-order valence-electron chi connectivity index (χ1n) is 7.71. The maximum absolute atomic E-state index is 12.0. The van der Waals surface area contributed by atoms with Gasteiger partial charge in [-0.1, -0.05) is 32.4 Å². The Labute approximate surface area is 111 Å². The average Bonchev–Trinajstić information content (AvgIpc) is 2.34. The Balaban J connectivity index is 2.02. The monoisotopic (exact) mass is 246 g/mol. The number of hydrogen-bond acceptors (Lipinski definition) is 1. The van der Waals surface area contributed by atoms with Crippen molar-refractivity contribution in [2.75, 3.05) is 0 Å². The lowest BCUT2D eigenvalue weighted by Crippen LogP contribution is -2.49. The van der Waals surface area contributed by atoms with Crippen molar-refractivity contribution in [3.63, 3.8) is 0 Å². The second-order valence-electron chi connectivity index (χ2n) is 7.39. The summed E-state index contributed by atoms with van der Waals surface area (Å²) in [5.41, 5.74) is 2.49. The van der Waals surface area contributed by atoms with Gasteiger partial charge in [-0.3, -0.25) is 4.79 Å². The number of hydrogen-bond donors (Lipinski definition) is 0. The average molecular weight is 246 g/mol. The first kappa shape index (κ1) is 12.4. The maximum Gasteiger partial charge on any atom is 0.136 e. The molecular weight excluding hydrogens is 220 g/mol. The van der Waals surface area contributed by atoms with Crippen LogP contribution in [0.3, 0.4) is 0 Å². The van der Waals surface area contributed by atoms with E-state index in [0.717, 1.165) is 12.8 Å². The van der Waals surface area contributed by atoms with Gasteiger partial charge in [0.25, 0.3) is 0 Å². The number of carbonyl (C=O) groups is 1. The molecule has 0 radical (unpaired) electrons. The minimum Gasteiger partial charge on any atom is -0.299 e. The first-order valence-corrected chi connectivity index (χ1v) is 7.71. The predicted octanol–water partition coefficient (Wildman–Crippen LogP) is 4.52. The van der Waals surface area contributed by atoms with E-state index in [4.69, 9.17) is 0 Å². The van der Waals surface area contributed by atoms with Crippen molar-refractivity contribution in [2.45, 2.75) is 65.7 Å². The molecule has 1 heteroatoms. The molecule has 0 aliphatic heterocycles. The number of allylic oxidation sites excluding steroid dienone is 2. The summed E-state index contributed by atoms with van der Waals surface area (Å²) in [4.78, 5) is 12.0. The van der Waals surface area contributed by atoms with E-state index in [0.29, 0.717) is 22.5 Å². The zero-order valence-electron chi connectivity index (χ0n) is 12.1. The highest BCUT2D eigenvalue weighted by Crippen LogP contribution is 2.62. The van der Waals surface area contributed by atoms with Gasteiger partial charge < -0.3 is 0 Å². The zero-order chi connectivity index (χ0) is 13.0. The Morgan fingerprint density at radius 3 is 2.78 bits per heavy atom. The number of ketones is 1. The van der Waals surface area contributed by atoms with Crippen molar-refractivity contribution in [2.24, 2.45) is 22.7 Å². The molecule has 2 unspecified atom stereocenters. The van der Waals surface area contributed by atoms with E-state index < -0.39 is 0 Å². The molecule has 3 aliphatic rings. The fraction of sp³-hybridized carbons (Fsp3) is 0.824. The SMILES string of the molecule is C[C@@H]1C(=O)CC[C@]2(C)C3=CCCCC3(C)CCC12. The van der Waals surface area contributed by atoms with Gasteiger partial charge >= 0.3 is 0 Å². The van der Waals surface area contributed by atoms with Crippen molar-refractivity contribution >= 4 is 5.78 Å². The third-order valence-electron chi connectivity index (χ3n) is 6.37. The van der Waals surface area contributed by atoms with Crippen LogP contribution >= 0.6 is 0 Å². The smallest absolute Gasteiger partial charge is 0.136 e. The minimum absolute atomic E-state index is 0.288. The van der Waals surface area contributed by atoms with Crippen molar-refractivity contribution < 1.29 is 4.79 Å². The van der Waals surface area contributed by atoms with Crippen LogP contribution in [0.1, 0.15) is 65.7 Å². The van der Waals surface area contributed by atoms with Crippen LogP contribution in [-0.2, 0) is 4.79 Å². The number of Topliss-reactive ketones (excluding diaryl/α,β-unsaturated/α-hetero) is 1. The fourth-order valence-electron chi connectivity index (χ4n) is 5.25. The van der Waals surface area contributed by atoms with Crippen LogP contribution in [0.2, 0.25) is 0 Å². The lowest BCUT2D eigenvalue weighted by molar-refractivity contribution is -0.131. The quantitative estimate of drug-likeness (QED) is 0.574. The molecule has 0 N–H and O–H groups in total. The lowest BCUT2D eigenvalue weighted by Gasteiger charge is -2.57. The van der Waals surface area contributed by atoms with E-state index in [9.17, 15) is 4.79 Å². The number of rotatable bonds is 0. The Hall–Kier alpha value is -0.590. The fourth-order valence-corrected chi connectivity index (χ4v) is 5.25. The maximum atomic E-state index is 12.0. The zero-order valence-corrected chi connectivity index (χ0v) is 12.1. The molecule has 3 rings (SSSR count). The summed E-state index contributed by atoms with van der Waals surface area (Å²) in [6.07, 6.45) is 11.0. The molecule has 2 saturated carbocycles. The molecule has 0 aromatic rings. The van der Waals surface area contributed by atoms with Gasteiger partial charge in [-0.05, 0) is 55.3 Å². The van der Waals surface area contributed by atoms with E-state index in [1.165, 1.54) is 32.1 Å². The summed E-state index contributed by atoms with van der Waals surface area (Å²) in [7, 11) is 0. The molecule has 2 fully saturated rings. The van der Waals surface area contributed by atoms with Crippen LogP contribution in [-0.4, -0.2) is 5.78 Å². The molecule has 0 aromatic carbocycles. The summed E-state index contributed by atoms with van der Waals surface area (Å²) >= 11 is 0. The van der Waals surface area contributed by atoms with Crippen LogP contribution in [0.15, 0.2) is 11.6 Å². The van der Waals surface area contributed by atoms with Gasteiger partial charge in [0.15, 0.2) is 0 Å². The van der Waals surface area contributed by atoms with Crippen molar-refractivity contribution in [3.8, 4) is 0 Å². The van der Waals surface area contributed by atoms with Gasteiger partial charge in [-0.25, -0.2) is 0 Å². The topological polar surface area (TPSA) is 17.1 Å². The van der Waals surface area contributed by atoms with Crippen molar-refractivity contribution in [1.82, 2.24) is 0 Å². The molecule has 0 amide bonds. The molecule has 1 nitrogen and oxygen atoms in total. The van der Waals surface area contributed by atoms with Crippen molar-refractivity contribution in [3.05, 3.63) is 11.6 Å².